The van der Waals surface area contributed by atoms with Crippen molar-refractivity contribution in [3.05, 3.63) is 35.4 Å². The summed E-state index contributed by atoms with van der Waals surface area (Å²) in [6.45, 7) is 2.02. The van der Waals surface area contributed by atoms with Crippen molar-refractivity contribution in [1.29, 1.82) is 0 Å². The molecule has 0 heterocycles. The summed E-state index contributed by atoms with van der Waals surface area (Å²) < 4.78 is 0. The normalized spacial score (nSPS) is 8.79. The first-order valence-electron chi connectivity index (χ1n) is 4.69. The van der Waals surface area contributed by atoms with Crippen LogP contribution in [0.5, 0.6) is 0 Å². The number of rotatable bonds is 2. The molecule has 78 valence electrons. The Morgan fingerprint density at radius 2 is 1.71 bits per heavy atom. The molecule has 0 aliphatic rings. The van der Waals surface area contributed by atoms with Gasteiger partial charge in [0, 0.05) is 0 Å². The minimum Gasteiger partial charge on any atom is -0.545 e. The molecule has 0 saturated heterocycles. The predicted molar refractivity (Wildman–Crippen MR) is 53.9 cm³/mol. The van der Waals surface area contributed by atoms with Crippen LogP contribution in [0.15, 0.2) is 24.3 Å². The number of carboxylic acids is 1. The van der Waals surface area contributed by atoms with E-state index in [9.17, 15) is 9.90 Å². The van der Waals surface area contributed by atoms with Crippen LogP contribution < -0.4 is 10.4 Å². The van der Waals surface area contributed by atoms with Crippen LogP contribution >= 0.6 is 0 Å². The van der Waals surface area contributed by atoms with Gasteiger partial charge in [0.15, 0.2) is 0 Å². The van der Waals surface area contributed by atoms with Gasteiger partial charge in [-0.1, -0.05) is 31.2 Å². The topological polar surface area (TPSA) is 56.7 Å². The first-order chi connectivity index (χ1) is 6.65. The third-order valence-electron chi connectivity index (χ3n) is 1.60. The van der Waals surface area contributed by atoms with Gasteiger partial charge in [0.2, 0.25) is 0 Å². The van der Waals surface area contributed by atoms with Gasteiger partial charge in [-0.2, -0.15) is 0 Å². The number of hydrogen-bond acceptors (Lipinski definition) is 2. The van der Waals surface area contributed by atoms with Gasteiger partial charge in [0.1, 0.15) is 0 Å². The third kappa shape index (κ3) is 4.62. The van der Waals surface area contributed by atoms with E-state index >= 15 is 0 Å². The zero-order chi connectivity index (χ0) is 11.0. The van der Waals surface area contributed by atoms with Gasteiger partial charge in [0.25, 0.3) is 0 Å². The Morgan fingerprint density at radius 1 is 1.29 bits per heavy atom. The average Bonchev–Trinajstić information content (AvgIpc) is 2.19. The molecule has 0 saturated carbocycles. The Kier molecular flexibility index (Phi) is 6.41. The van der Waals surface area contributed by atoms with Gasteiger partial charge in [-0.3, -0.25) is 0 Å². The smallest absolute Gasteiger partial charge is 0.0715 e. The van der Waals surface area contributed by atoms with Crippen molar-refractivity contribution in [1.82, 2.24) is 0 Å². The Hall–Kier alpha value is -1.35. The molecule has 14 heavy (non-hydrogen) atoms. The molecule has 1 aromatic rings. The minimum atomic E-state index is -1.12. The van der Waals surface area contributed by atoms with Crippen LogP contribution in [0.4, 0.5) is 0 Å². The highest BCUT2D eigenvalue weighted by Gasteiger charge is 1.91. The van der Waals surface area contributed by atoms with E-state index in [1.54, 1.807) is 24.3 Å². The number of benzene rings is 1. The molecule has 3 heteroatoms. The SMILES string of the molecule is CCc1ccc(C(=O)[O-])cc1.C[NH2+]C. The fraction of sp³-hybridized carbons (Fsp3) is 0.364. The molecule has 0 aliphatic heterocycles. The quantitative estimate of drug-likeness (QED) is 0.686. The van der Waals surface area contributed by atoms with Gasteiger partial charge < -0.3 is 15.2 Å². The van der Waals surface area contributed by atoms with Crippen molar-refractivity contribution in [2.24, 2.45) is 0 Å². The number of quaternary nitrogens is 1. The summed E-state index contributed by atoms with van der Waals surface area (Å²) in [6, 6.07) is 6.72. The summed E-state index contributed by atoms with van der Waals surface area (Å²) in [5.41, 5.74) is 1.37. The van der Waals surface area contributed by atoms with Gasteiger partial charge in [-0.15, -0.1) is 0 Å². The number of aryl methyl sites for hydroxylation is 1. The second kappa shape index (κ2) is 7.09. The number of carbonyl (C=O) groups is 1. The largest absolute Gasteiger partial charge is 0.545 e. The minimum absolute atomic E-state index is 0.238. The van der Waals surface area contributed by atoms with Crippen molar-refractivity contribution in [3.8, 4) is 0 Å². The van der Waals surface area contributed by atoms with Gasteiger partial charge in [0.05, 0.1) is 20.1 Å². The summed E-state index contributed by atoms with van der Waals surface area (Å²) in [6.07, 6.45) is 0.924. The van der Waals surface area contributed by atoms with Crippen LogP contribution in [-0.4, -0.2) is 20.1 Å². The standard InChI is InChI=1S/C9H10O2.C2H7N/c1-2-7-3-5-8(6-4-7)9(10)11;1-3-2/h3-6H,2H2,1H3,(H,10,11);3H,1-2H3. The Labute approximate surface area is 84.8 Å². The van der Waals surface area contributed by atoms with E-state index in [2.05, 4.69) is 0 Å². The number of carboxylic acid groups (broad SMARTS) is 1. The highest BCUT2D eigenvalue weighted by atomic mass is 16.4. The van der Waals surface area contributed by atoms with E-state index in [-0.39, 0.29) is 5.56 Å². The predicted octanol–water partition coefficient (Wildman–Crippen LogP) is -0.578. The molecular formula is C11H17NO2. The maximum atomic E-state index is 10.3. The molecule has 0 amide bonds. The summed E-state index contributed by atoms with van der Waals surface area (Å²) >= 11 is 0. The molecule has 0 fully saturated rings. The summed E-state index contributed by atoms with van der Waals surface area (Å²) in [5.74, 6) is -1.12. The van der Waals surface area contributed by atoms with Crippen molar-refractivity contribution in [2.45, 2.75) is 13.3 Å². The second-order valence-electron chi connectivity index (χ2n) is 2.92. The molecule has 0 atom stereocenters. The molecular weight excluding hydrogens is 178 g/mol. The summed E-state index contributed by atoms with van der Waals surface area (Å²) in [7, 11) is 4.00. The Balaban J connectivity index is 0.000000500. The zero-order valence-electron chi connectivity index (χ0n) is 8.91. The first kappa shape index (κ1) is 12.7. The fourth-order valence-corrected chi connectivity index (χ4v) is 0.877. The molecule has 1 aromatic carbocycles. The van der Waals surface area contributed by atoms with Gasteiger partial charge >= 0.3 is 0 Å². The lowest BCUT2D eigenvalue weighted by Crippen LogP contribution is -2.74. The van der Waals surface area contributed by atoms with E-state index in [1.165, 1.54) is 0 Å². The summed E-state index contributed by atoms with van der Waals surface area (Å²) in [4.78, 5) is 10.3. The molecule has 0 aliphatic carbocycles. The first-order valence-corrected chi connectivity index (χ1v) is 4.69. The van der Waals surface area contributed by atoms with Crippen LogP contribution in [0.3, 0.4) is 0 Å². The lowest BCUT2D eigenvalue weighted by atomic mass is 10.1. The monoisotopic (exact) mass is 195 g/mol. The Morgan fingerprint density at radius 3 is 2.00 bits per heavy atom. The molecule has 1 rings (SSSR count). The number of aromatic carboxylic acids is 1. The summed E-state index contributed by atoms with van der Waals surface area (Å²) in [5, 5.41) is 12.3. The van der Waals surface area contributed by atoms with Crippen LogP contribution in [-0.2, 0) is 6.42 Å². The lowest BCUT2D eigenvalue weighted by molar-refractivity contribution is -0.597. The van der Waals surface area contributed by atoms with Gasteiger partial charge in [-0.05, 0) is 17.5 Å². The maximum Gasteiger partial charge on any atom is 0.0715 e. The zero-order valence-corrected chi connectivity index (χ0v) is 8.91. The van der Waals surface area contributed by atoms with Crippen molar-refractivity contribution >= 4 is 5.97 Å². The lowest BCUT2D eigenvalue weighted by Gasteiger charge is -2.01. The number of hydrogen-bond donors (Lipinski definition) is 1. The van der Waals surface area contributed by atoms with E-state index in [0.717, 1.165) is 12.0 Å². The molecule has 0 unspecified atom stereocenters. The number of carbonyl (C=O) groups excluding carboxylic acids is 1. The van der Waals surface area contributed by atoms with Crippen molar-refractivity contribution in [3.63, 3.8) is 0 Å². The Bertz CT molecular complexity index is 267. The van der Waals surface area contributed by atoms with E-state index < -0.39 is 5.97 Å². The maximum absolute atomic E-state index is 10.3. The van der Waals surface area contributed by atoms with E-state index in [0.29, 0.717) is 0 Å². The highest BCUT2D eigenvalue weighted by Crippen LogP contribution is 2.03. The van der Waals surface area contributed by atoms with Crippen LogP contribution in [0.1, 0.15) is 22.8 Å². The molecule has 0 spiro atoms. The third-order valence-corrected chi connectivity index (χ3v) is 1.60. The van der Waals surface area contributed by atoms with Crippen molar-refractivity contribution < 1.29 is 15.2 Å². The fourth-order valence-electron chi connectivity index (χ4n) is 0.877. The van der Waals surface area contributed by atoms with Crippen LogP contribution in [0.2, 0.25) is 0 Å². The highest BCUT2D eigenvalue weighted by molar-refractivity contribution is 5.85. The van der Waals surface area contributed by atoms with Crippen LogP contribution in [0.25, 0.3) is 0 Å². The molecule has 0 radical (unpaired) electrons. The van der Waals surface area contributed by atoms with Crippen LogP contribution in [0, 0.1) is 0 Å². The second-order valence-corrected chi connectivity index (χ2v) is 2.92. The molecule has 0 aromatic heterocycles. The molecule has 2 N–H and O–H groups in total. The van der Waals surface area contributed by atoms with E-state index in [1.807, 2.05) is 26.3 Å². The average molecular weight is 195 g/mol. The molecule has 0 bridgehead atoms. The van der Waals surface area contributed by atoms with E-state index in [4.69, 9.17) is 0 Å². The number of nitrogens with two attached hydrogens (primary N) is 1. The molecule has 3 nitrogen and oxygen atoms in total. The van der Waals surface area contributed by atoms with Gasteiger partial charge in [-0.25, -0.2) is 0 Å². The van der Waals surface area contributed by atoms with Crippen molar-refractivity contribution in [2.75, 3.05) is 14.1 Å².